The summed E-state index contributed by atoms with van der Waals surface area (Å²) in [5, 5.41) is 15.9. The second-order valence-electron chi connectivity index (χ2n) is 10.8. The van der Waals surface area contributed by atoms with Gasteiger partial charge in [-0.3, -0.25) is 4.79 Å². The number of imidazole rings is 1. The van der Waals surface area contributed by atoms with Gasteiger partial charge in [0.1, 0.15) is 16.8 Å². The molecule has 5 N–H and O–H groups in total. The normalized spacial score (nSPS) is 16.3. The quantitative estimate of drug-likeness (QED) is 0.174. The first kappa shape index (κ1) is 28.7. The van der Waals surface area contributed by atoms with Crippen LogP contribution in [0.15, 0.2) is 94.7 Å². The molecule has 5 aromatic rings. The summed E-state index contributed by atoms with van der Waals surface area (Å²) in [4.78, 5) is 26.2. The van der Waals surface area contributed by atoms with Crippen LogP contribution in [-0.4, -0.2) is 66.1 Å². The lowest BCUT2D eigenvalue weighted by molar-refractivity contribution is 0.274. The Hall–Kier alpha value is -4.45. The molecule has 0 amide bonds. The molecule has 0 aliphatic carbocycles. The van der Waals surface area contributed by atoms with Crippen LogP contribution in [0.4, 0.5) is 11.4 Å². The number of aromatic amines is 2. The van der Waals surface area contributed by atoms with E-state index in [1.807, 2.05) is 54.3 Å². The first-order valence-corrected chi connectivity index (χ1v) is 15.8. The number of hydrogen-bond acceptors (Lipinski definition) is 8. The maximum Gasteiger partial charge on any atom is 0.261 e. The fourth-order valence-corrected chi connectivity index (χ4v) is 7.44. The third-order valence-electron chi connectivity index (χ3n) is 7.82. The number of aliphatic hydroxyl groups is 1. The minimum Gasteiger partial charge on any atom is -0.394 e. The van der Waals surface area contributed by atoms with Gasteiger partial charge in [0.25, 0.3) is 5.56 Å². The molecular weight excluding hydrogens is 564 g/mol. The number of anilines is 2. The molecule has 3 heterocycles. The highest BCUT2D eigenvalue weighted by molar-refractivity contribution is 7.92. The summed E-state index contributed by atoms with van der Waals surface area (Å²) in [5.41, 5.74) is 4.61. The van der Waals surface area contributed by atoms with Crippen molar-refractivity contribution in [1.29, 1.82) is 0 Å². The van der Waals surface area contributed by atoms with Crippen LogP contribution in [0, 0.1) is 6.92 Å². The van der Waals surface area contributed by atoms with Crippen LogP contribution in [0.2, 0.25) is 0 Å². The zero-order valence-corrected chi connectivity index (χ0v) is 24.6. The molecule has 0 bridgehead atoms. The van der Waals surface area contributed by atoms with E-state index in [1.165, 1.54) is 0 Å². The molecule has 3 aromatic carbocycles. The molecule has 1 aliphatic rings. The molecule has 2 unspecified atom stereocenters. The predicted octanol–water partition coefficient (Wildman–Crippen LogP) is 3.45. The van der Waals surface area contributed by atoms with E-state index in [9.17, 15) is 18.3 Å². The van der Waals surface area contributed by atoms with Gasteiger partial charge < -0.3 is 30.6 Å². The van der Waals surface area contributed by atoms with Gasteiger partial charge in [-0.1, -0.05) is 48.5 Å². The smallest absolute Gasteiger partial charge is 0.261 e. The average Bonchev–Trinajstić information content (AvgIpc) is 3.46. The lowest BCUT2D eigenvalue weighted by Crippen LogP contribution is -2.55. The van der Waals surface area contributed by atoms with Gasteiger partial charge in [-0.05, 0) is 54.8 Å². The molecular formula is C32H34N6O4S. The SMILES string of the molecule is Cc1cc(N2CCNCC2S(=O)(=O)c2ccccc2)cc2[nH]c(-c3c(NC(CO)Cc4ccccc4)cc[nH]c3=O)nc12. The Morgan fingerprint density at radius 2 is 1.81 bits per heavy atom. The van der Waals surface area contributed by atoms with Crippen molar-refractivity contribution in [3.8, 4) is 11.4 Å². The highest BCUT2D eigenvalue weighted by Crippen LogP contribution is 2.32. The van der Waals surface area contributed by atoms with Crippen LogP contribution in [0.25, 0.3) is 22.4 Å². The second kappa shape index (κ2) is 12.0. The molecule has 1 fully saturated rings. The van der Waals surface area contributed by atoms with E-state index in [0.717, 1.165) is 16.8 Å². The van der Waals surface area contributed by atoms with Crippen LogP contribution in [-0.2, 0) is 16.3 Å². The fourth-order valence-electron chi connectivity index (χ4n) is 5.69. The molecule has 43 heavy (non-hydrogen) atoms. The van der Waals surface area contributed by atoms with Crippen molar-refractivity contribution in [3.63, 3.8) is 0 Å². The summed E-state index contributed by atoms with van der Waals surface area (Å²) in [7, 11) is -3.65. The largest absolute Gasteiger partial charge is 0.394 e. The van der Waals surface area contributed by atoms with Crippen molar-refractivity contribution in [2.45, 2.75) is 29.7 Å². The first-order chi connectivity index (χ1) is 20.8. The van der Waals surface area contributed by atoms with Crippen molar-refractivity contribution in [2.75, 3.05) is 36.5 Å². The molecule has 1 aliphatic heterocycles. The minimum atomic E-state index is -3.65. The topological polar surface area (TPSA) is 143 Å². The van der Waals surface area contributed by atoms with Gasteiger partial charge >= 0.3 is 0 Å². The fraction of sp³-hybridized carbons (Fsp3) is 0.250. The average molecular weight is 599 g/mol. The molecule has 11 heteroatoms. The number of sulfone groups is 1. The number of piperazine rings is 1. The molecule has 0 saturated carbocycles. The molecule has 0 spiro atoms. The summed E-state index contributed by atoms with van der Waals surface area (Å²) in [5.74, 6) is 0.379. The van der Waals surface area contributed by atoms with Crippen molar-refractivity contribution < 1.29 is 13.5 Å². The highest BCUT2D eigenvalue weighted by Gasteiger charge is 2.35. The molecule has 2 atom stereocenters. The lowest BCUT2D eigenvalue weighted by Gasteiger charge is -2.37. The van der Waals surface area contributed by atoms with Gasteiger partial charge in [0.15, 0.2) is 0 Å². The van der Waals surface area contributed by atoms with E-state index in [0.29, 0.717) is 54.2 Å². The third kappa shape index (κ3) is 5.79. The van der Waals surface area contributed by atoms with Crippen LogP contribution in [0.3, 0.4) is 0 Å². The van der Waals surface area contributed by atoms with Gasteiger partial charge in [0, 0.05) is 31.5 Å². The van der Waals surface area contributed by atoms with Crippen LogP contribution in [0.5, 0.6) is 0 Å². The Kier molecular flexibility index (Phi) is 8.02. The summed E-state index contributed by atoms with van der Waals surface area (Å²) < 4.78 is 27.3. The molecule has 1 saturated heterocycles. The summed E-state index contributed by atoms with van der Waals surface area (Å²) in [6, 6.07) is 23.6. The first-order valence-electron chi connectivity index (χ1n) is 14.2. The highest BCUT2D eigenvalue weighted by atomic mass is 32.2. The molecule has 222 valence electrons. The third-order valence-corrected chi connectivity index (χ3v) is 9.89. The monoisotopic (exact) mass is 598 g/mol. The number of fused-ring (bicyclic) bond motifs is 1. The number of nitrogens with zero attached hydrogens (tertiary/aromatic N) is 2. The molecule has 10 nitrogen and oxygen atoms in total. The number of aliphatic hydroxyl groups excluding tert-OH is 1. The van der Waals surface area contributed by atoms with Gasteiger partial charge in [-0.2, -0.15) is 0 Å². The van der Waals surface area contributed by atoms with Crippen LogP contribution in [0.1, 0.15) is 11.1 Å². The summed E-state index contributed by atoms with van der Waals surface area (Å²) >= 11 is 0. The Morgan fingerprint density at radius 1 is 1.07 bits per heavy atom. The minimum absolute atomic E-state index is 0.124. The van der Waals surface area contributed by atoms with E-state index in [-0.39, 0.29) is 23.1 Å². The Morgan fingerprint density at radius 3 is 2.56 bits per heavy atom. The van der Waals surface area contributed by atoms with Gasteiger partial charge in [-0.25, -0.2) is 13.4 Å². The number of pyridine rings is 1. The van der Waals surface area contributed by atoms with Crippen LogP contribution >= 0.6 is 0 Å². The standard InChI is InChI=1S/C32H34N6O4S/c1-21-16-24(38-15-14-33-19-28(38)43(41,42)25-10-6-3-7-11-25)18-27-30(21)37-31(36-27)29-26(12-13-34-32(29)40)35-23(20-39)17-22-8-4-2-5-9-22/h2-13,16,18,23,28,33,39H,14-15,17,19-20H2,1H3,(H,36,37)(H2,34,35,40). The molecule has 2 aromatic heterocycles. The molecule has 6 rings (SSSR count). The Labute approximate surface area is 249 Å². The van der Waals surface area contributed by atoms with Gasteiger partial charge in [0.05, 0.1) is 34.3 Å². The van der Waals surface area contributed by atoms with Crippen molar-refractivity contribution >= 4 is 32.2 Å². The number of aromatic nitrogens is 3. The number of nitrogens with one attached hydrogen (secondary N) is 4. The van der Waals surface area contributed by atoms with Gasteiger partial charge in [0.2, 0.25) is 9.84 Å². The number of benzene rings is 3. The predicted molar refractivity (Wildman–Crippen MR) is 169 cm³/mol. The number of hydrogen-bond donors (Lipinski definition) is 5. The maximum absolute atomic E-state index is 13.6. The van der Waals surface area contributed by atoms with E-state index >= 15 is 0 Å². The van der Waals surface area contributed by atoms with Crippen molar-refractivity contribution in [2.24, 2.45) is 0 Å². The Bertz CT molecular complexity index is 1890. The van der Waals surface area contributed by atoms with Gasteiger partial charge in [-0.15, -0.1) is 0 Å². The van der Waals surface area contributed by atoms with Crippen molar-refractivity contribution in [1.82, 2.24) is 20.3 Å². The zero-order chi connectivity index (χ0) is 30.0. The Balaban J connectivity index is 1.35. The maximum atomic E-state index is 13.6. The number of rotatable bonds is 9. The van der Waals surface area contributed by atoms with E-state index < -0.39 is 15.2 Å². The summed E-state index contributed by atoms with van der Waals surface area (Å²) in [6.07, 6.45) is 2.14. The zero-order valence-electron chi connectivity index (χ0n) is 23.7. The van der Waals surface area contributed by atoms with E-state index in [4.69, 9.17) is 4.98 Å². The number of aryl methyl sites for hydroxylation is 1. The van der Waals surface area contributed by atoms with Crippen molar-refractivity contribution in [3.05, 3.63) is 107 Å². The van der Waals surface area contributed by atoms with Crippen LogP contribution < -0.4 is 21.1 Å². The van der Waals surface area contributed by atoms with E-state index in [1.54, 1.807) is 42.6 Å². The number of H-pyrrole nitrogens is 2. The summed E-state index contributed by atoms with van der Waals surface area (Å²) in [6.45, 7) is 3.26. The second-order valence-corrected chi connectivity index (χ2v) is 12.9. The lowest BCUT2D eigenvalue weighted by atomic mass is 10.1. The molecule has 0 radical (unpaired) electrons. The van der Waals surface area contributed by atoms with E-state index in [2.05, 4.69) is 20.6 Å².